The van der Waals surface area contributed by atoms with Crippen LogP contribution in [0.3, 0.4) is 0 Å². The normalized spacial score (nSPS) is 11.7. The highest BCUT2D eigenvalue weighted by Crippen LogP contribution is 2.33. The summed E-state index contributed by atoms with van der Waals surface area (Å²) in [6.45, 7) is 2.75. The number of nitro benzene ring substituents is 1. The van der Waals surface area contributed by atoms with E-state index >= 15 is 0 Å². The van der Waals surface area contributed by atoms with E-state index in [-0.39, 0.29) is 16.8 Å². The molecule has 1 amide bonds. The number of halogens is 1. The number of amides is 1. The topological polar surface area (TPSA) is 150 Å². The average molecular weight is 531 g/mol. The number of aromatic nitrogens is 2. The molecule has 5 rings (SSSR count). The predicted molar refractivity (Wildman–Crippen MR) is 143 cm³/mol. The molecule has 5 aromatic rings. The third kappa shape index (κ3) is 4.43. The van der Waals surface area contributed by atoms with Gasteiger partial charge >= 0.3 is 5.69 Å². The van der Waals surface area contributed by atoms with E-state index in [4.69, 9.17) is 0 Å². The fourth-order valence-electron chi connectivity index (χ4n) is 4.67. The van der Waals surface area contributed by atoms with Gasteiger partial charge in [0.2, 0.25) is 5.82 Å². The Balaban J connectivity index is 1.66. The first-order valence-electron chi connectivity index (χ1n) is 11.9. The molecule has 11 heteroatoms. The quantitative estimate of drug-likeness (QED) is 0.188. The largest absolute Gasteiger partial charge is 0.392 e. The molecule has 198 valence electrons. The maximum absolute atomic E-state index is 14.1. The lowest BCUT2D eigenvalue weighted by Crippen LogP contribution is -2.17. The van der Waals surface area contributed by atoms with Crippen LogP contribution in [-0.2, 0) is 12.2 Å². The minimum atomic E-state index is -1.15. The summed E-state index contributed by atoms with van der Waals surface area (Å²) in [5.74, 6) is -2.07. The summed E-state index contributed by atoms with van der Waals surface area (Å²) in [6.07, 6.45) is 0. The number of anilines is 1. The van der Waals surface area contributed by atoms with E-state index in [0.717, 1.165) is 12.1 Å². The summed E-state index contributed by atoms with van der Waals surface area (Å²) in [4.78, 5) is 39.1. The molecule has 0 fully saturated rings. The molecule has 39 heavy (non-hydrogen) atoms. The Hall–Kier alpha value is -4.87. The van der Waals surface area contributed by atoms with Crippen molar-refractivity contribution in [3.63, 3.8) is 0 Å². The number of rotatable bonds is 6. The van der Waals surface area contributed by atoms with Crippen molar-refractivity contribution in [2.45, 2.75) is 26.1 Å². The highest BCUT2D eigenvalue weighted by atomic mass is 19.1. The van der Waals surface area contributed by atoms with Gasteiger partial charge in [0, 0.05) is 16.8 Å². The third-order valence-corrected chi connectivity index (χ3v) is 6.58. The van der Waals surface area contributed by atoms with Crippen LogP contribution in [0, 0.1) is 15.9 Å². The fraction of sp³-hybridized carbons (Fsp3) is 0.143. The molecule has 0 unspecified atom stereocenters. The van der Waals surface area contributed by atoms with E-state index in [2.05, 4.69) is 10.3 Å². The van der Waals surface area contributed by atoms with Crippen molar-refractivity contribution in [2.75, 3.05) is 5.32 Å². The summed E-state index contributed by atoms with van der Waals surface area (Å²) in [5.41, 5.74) is 0.600. The second kappa shape index (κ2) is 9.46. The van der Waals surface area contributed by atoms with Gasteiger partial charge in [-0.3, -0.25) is 19.7 Å². The minimum absolute atomic E-state index is 0.159. The van der Waals surface area contributed by atoms with Crippen molar-refractivity contribution in [3.05, 3.63) is 110 Å². The second-order valence-electron chi connectivity index (χ2n) is 9.52. The molecule has 2 aromatic heterocycles. The predicted octanol–water partition coefficient (Wildman–Crippen LogP) is 4.47. The number of benzene rings is 3. The van der Waals surface area contributed by atoms with E-state index in [1.807, 2.05) is 0 Å². The molecular formula is C28H23FN4O6. The third-order valence-electron chi connectivity index (χ3n) is 6.58. The Bertz CT molecular complexity index is 1850. The zero-order valence-electron chi connectivity index (χ0n) is 20.9. The van der Waals surface area contributed by atoms with Gasteiger partial charge in [-0.1, -0.05) is 24.3 Å². The van der Waals surface area contributed by atoms with Crippen molar-refractivity contribution < 1.29 is 24.3 Å². The standard InChI is InChI=1S/C28H23FN4O6/c1-28(2,37)15-9-10-23-21(13-15)31-27(36)24-12-11-22(32(23)24)16-5-4-8-20(18(16)14-34)30-26(35)17-6-3-7-19(29)25(17)33(38)39/h3-13,34,37H,14H2,1-2H3,(H,30,35)(H,31,36). The first-order valence-corrected chi connectivity index (χ1v) is 11.9. The number of para-hydroxylation sites is 1. The van der Waals surface area contributed by atoms with Gasteiger partial charge in [-0.15, -0.1) is 0 Å². The van der Waals surface area contributed by atoms with Gasteiger partial charge in [0.05, 0.1) is 33.9 Å². The number of aliphatic hydroxyl groups is 2. The molecular weight excluding hydrogens is 507 g/mol. The Morgan fingerprint density at radius 3 is 2.51 bits per heavy atom. The van der Waals surface area contributed by atoms with E-state index in [1.165, 1.54) is 12.1 Å². The van der Waals surface area contributed by atoms with Gasteiger partial charge in [-0.2, -0.15) is 4.39 Å². The maximum atomic E-state index is 14.1. The number of H-pyrrole nitrogens is 1. The van der Waals surface area contributed by atoms with Crippen molar-refractivity contribution in [2.24, 2.45) is 0 Å². The van der Waals surface area contributed by atoms with E-state index in [9.17, 15) is 34.3 Å². The highest BCUT2D eigenvalue weighted by molar-refractivity contribution is 6.07. The zero-order valence-corrected chi connectivity index (χ0v) is 20.9. The maximum Gasteiger partial charge on any atom is 0.317 e. The summed E-state index contributed by atoms with van der Waals surface area (Å²) in [6, 6.07) is 16.6. The number of nitrogens with one attached hydrogen (secondary N) is 2. The van der Waals surface area contributed by atoms with Gasteiger partial charge < -0.3 is 24.9 Å². The monoisotopic (exact) mass is 530 g/mol. The van der Waals surface area contributed by atoms with Crippen LogP contribution >= 0.6 is 0 Å². The Morgan fingerprint density at radius 2 is 1.82 bits per heavy atom. The molecule has 0 saturated carbocycles. The van der Waals surface area contributed by atoms with Crippen LogP contribution in [0.4, 0.5) is 15.8 Å². The summed E-state index contributed by atoms with van der Waals surface area (Å²) >= 11 is 0. The second-order valence-corrected chi connectivity index (χ2v) is 9.52. The number of carbonyl (C=O) groups is 1. The first-order chi connectivity index (χ1) is 18.5. The molecule has 0 radical (unpaired) electrons. The molecule has 2 heterocycles. The van der Waals surface area contributed by atoms with Crippen LogP contribution in [-0.4, -0.2) is 30.4 Å². The molecule has 0 aliphatic carbocycles. The van der Waals surface area contributed by atoms with Crippen LogP contribution in [0.2, 0.25) is 0 Å². The Kier molecular flexibility index (Phi) is 6.25. The molecule has 4 N–H and O–H groups in total. The van der Waals surface area contributed by atoms with Gasteiger partial charge in [0.15, 0.2) is 0 Å². The van der Waals surface area contributed by atoms with Crippen molar-refractivity contribution >= 4 is 33.8 Å². The Morgan fingerprint density at radius 1 is 1.10 bits per heavy atom. The molecule has 0 aliphatic heterocycles. The number of hydrogen-bond donors (Lipinski definition) is 4. The minimum Gasteiger partial charge on any atom is -0.392 e. The first kappa shape index (κ1) is 25.8. The fourth-order valence-corrected chi connectivity index (χ4v) is 4.67. The SMILES string of the molecule is CC(C)(O)c1ccc2c(c1)[nH]c(=O)c1ccc(-c3cccc(NC(=O)c4cccc(F)c4[N+](=O)[O-])c3CO)n12. The van der Waals surface area contributed by atoms with Gasteiger partial charge in [-0.05, 0) is 61.9 Å². The van der Waals surface area contributed by atoms with Crippen LogP contribution in [0.25, 0.3) is 27.8 Å². The Labute approximate surface area is 220 Å². The van der Waals surface area contributed by atoms with Crippen LogP contribution in [0.5, 0.6) is 0 Å². The molecule has 0 aliphatic rings. The van der Waals surface area contributed by atoms with Crippen LogP contribution in [0.1, 0.15) is 35.3 Å². The molecule has 3 aromatic carbocycles. The number of nitrogens with zero attached hydrogens (tertiary/aromatic N) is 2. The summed E-state index contributed by atoms with van der Waals surface area (Å²) in [5, 5.41) is 34.6. The number of aromatic amines is 1. The van der Waals surface area contributed by atoms with Crippen LogP contribution < -0.4 is 10.9 Å². The molecule has 0 saturated heterocycles. The van der Waals surface area contributed by atoms with E-state index in [0.29, 0.717) is 33.4 Å². The molecule has 0 bridgehead atoms. The average Bonchev–Trinajstić information content (AvgIpc) is 3.33. The van der Waals surface area contributed by atoms with E-state index in [1.54, 1.807) is 60.7 Å². The lowest BCUT2D eigenvalue weighted by molar-refractivity contribution is -0.387. The van der Waals surface area contributed by atoms with Gasteiger partial charge in [0.25, 0.3) is 11.5 Å². The van der Waals surface area contributed by atoms with Crippen molar-refractivity contribution in [1.29, 1.82) is 0 Å². The van der Waals surface area contributed by atoms with E-state index < -0.39 is 40.1 Å². The highest BCUT2D eigenvalue weighted by Gasteiger charge is 2.26. The summed E-state index contributed by atoms with van der Waals surface area (Å²) < 4.78 is 15.8. The van der Waals surface area contributed by atoms with Gasteiger partial charge in [0.1, 0.15) is 11.1 Å². The lowest BCUT2D eigenvalue weighted by atomic mass is 9.98. The molecule has 10 nitrogen and oxygen atoms in total. The number of carbonyl (C=O) groups excluding carboxylic acids is 1. The number of aliphatic hydroxyl groups excluding tert-OH is 1. The van der Waals surface area contributed by atoms with Gasteiger partial charge in [-0.25, -0.2) is 0 Å². The molecule has 0 atom stereocenters. The number of hydrogen-bond acceptors (Lipinski definition) is 6. The number of nitro groups is 1. The summed E-state index contributed by atoms with van der Waals surface area (Å²) in [7, 11) is 0. The van der Waals surface area contributed by atoms with Crippen LogP contribution in [0.15, 0.2) is 71.5 Å². The van der Waals surface area contributed by atoms with Crippen molar-refractivity contribution in [1.82, 2.24) is 9.38 Å². The van der Waals surface area contributed by atoms with Crippen molar-refractivity contribution in [3.8, 4) is 11.3 Å². The zero-order chi connectivity index (χ0) is 28.1. The molecule has 0 spiro atoms. The number of fused-ring (bicyclic) bond motifs is 3. The smallest absolute Gasteiger partial charge is 0.317 e. The lowest BCUT2D eigenvalue weighted by Gasteiger charge is -2.19.